The van der Waals surface area contributed by atoms with Crippen LogP contribution in [0.4, 0.5) is 33.4 Å². The third kappa shape index (κ3) is 6.08. The molecule has 0 atom stereocenters. The van der Waals surface area contributed by atoms with E-state index < -0.39 is 0 Å². The van der Waals surface area contributed by atoms with Crippen molar-refractivity contribution in [2.75, 3.05) is 9.80 Å². The molecular weight excluding hydrogens is 768 g/mol. The highest BCUT2D eigenvalue weighted by molar-refractivity contribution is 7.26. The van der Waals surface area contributed by atoms with Gasteiger partial charge >= 0.3 is 0 Å². The molecular formula is C58H69BN2S. The highest BCUT2D eigenvalue weighted by atomic mass is 32.1. The van der Waals surface area contributed by atoms with Crippen LogP contribution in [0.2, 0.25) is 0 Å². The number of hydrogen-bond acceptors (Lipinski definition) is 3. The van der Waals surface area contributed by atoms with E-state index in [2.05, 4.69) is 199 Å². The van der Waals surface area contributed by atoms with E-state index in [0.717, 1.165) is 6.42 Å². The largest absolute Gasteiger partial charge is 0.311 e. The van der Waals surface area contributed by atoms with E-state index in [4.69, 9.17) is 0 Å². The molecule has 0 radical (unpaired) electrons. The van der Waals surface area contributed by atoms with Crippen LogP contribution in [0, 0.1) is 13.8 Å². The molecule has 4 aliphatic rings. The second kappa shape index (κ2) is 13.2. The molecule has 0 saturated carbocycles. The minimum absolute atomic E-state index is 0.00476. The first-order valence-electron chi connectivity index (χ1n) is 23.6. The zero-order valence-corrected chi connectivity index (χ0v) is 41.5. The minimum atomic E-state index is 0.00476. The van der Waals surface area contributed by atoms with E-state index in [-0.39, 0.29) is 39.2 Å². The van der Waals surface area contributed by atoms with Crippen LogP contribution < -0.4 is 26.2 Å². The van der Waals surface area contributed by atoms with Crippen molar-refractivity contribution in [3.05, 3.63) is 123 Å². The molecule has 2 aliphatic heterocycles. The molecule has 62 heavy (non-hydrogen) atoms. The summed E-state index contributed by atoms with van der Waals surface area (Å²) in [6.07, 6.45) is 4.77. The Hall–Kier alpha value is -4.28. The third-order valence-corrected chi connectivity index (χ3v) is 17.2. The standard InChI is InChI=1S/C58H69BN2S/c1-34-29-45-50-46(30-34)61(44-24-19-37(31-35(44)2)54(6,7)8)52-49(39-32-41-42(33-47(39)62-52)57(13,14)26-25-56(41,11)12)59(50)43-23-22-40-48(58(15,16)28-27-55(40,9)10)51(43)60(45)38-20-17-36(18-21-38)53(3,4)5/h17-24,29-33H,25-28H2,1-16H3. The fourth-order valence-electron chi connectivity index (χ4n) is 11.9. The van der Waals surface area contributed by atoms with Gasteiger partial charge in [0, 0.05) is 33.1 Å². The molecule has 0 spiro atoms. The molecule has 2 aliphatic carbocycles. The van der Waals surface area contributed by atoms with E-state index in [1.807, 2.05) is 11.3 Å². The van der Waals surface area contributed by atoms with Gasteiger partial charge < -0.3 is 9.80 Å². The van der Waals surface area contributed by atoms with Gasteiger partial charge in [0.05, 0.1) is 5.00 Å². The SMILES string of the molecule is Cc1cc2c3c(c1)N(c1ccc(C(C)(C)C)cc1)c1c(ccc4c1C(C)(C)CCC4(C)C)B3c1c(sc3cc4c(cc13)C(C)(C)CCC4(C)C)N2c1ccc(C(C)(C)C)cc1C. The van der Waals surface area contributed by atoms with Crippen molar-refractivity contribution in [1.82, 2.24) is 0 Å². The summed E-state index contributed by atoms with van der Waals surface area (Å²) in [5, 5.41) is 2.82. The lowest BCUT2D eigenvalue weighted by atomic mass is 9.33. The van der Waals surface area contributed by atoms with Crippen LogP contribution in [0.1, 0.15) is 167 Å². The molecule has 5 aromatic carbocycles. The van der Waals surface area contributed by atoms with Crippen molar-refractivity contribution in [2.45, 2.75) is 169 Å². The molecule has 4 heteroatoms. The van der Waals surface area contributed by atoms with Gasteiger partial charge in [0.15, 0.2) is 0 Å². The third-order valence-electron chi connectivity index (χ3n) is 16.0. The van der Waals surface area contributed by atoms with Crippen LogP contribution in [0.15, 0.2) is 78.9 Å². The van der Waals surface area contributed by atoms with Crippen LogP contribution in [0.25, 0.3) is 10.1 Å². The van der Waals surface area contributed by atoms with Crippen molar-refractivity contribution in [1.29, 1.82) is 0 Å². The lowest BCUT2D eigenvalue weighted by Gasteiger charge is -2.49. The maximum atomic E-state index is 2.72. The average Bonchev–Trinajstić information content (AvgIpc) is 3.55. The quantitative estimate of drug-likeness (QED) is 0.160. The zero-order chi connectivity index (χ0) is 44.4. The summed E-state index contributed by atoms with van der Waals surface area (Å²) >= 11 is 2.03. The number of benzene rings is 5. The van der Waals surface area contributed by atoms with Crippen LogP contribution in [-0.2, 0) is 32.5 Å². The Balaban J connectivity index is 1.36. The van der Waals surface area contributed by atoms with E-state index >= 15 is 0 Å². The van der Waals surface area contributed by atoms with Crippen molar-refractivity contribution in [3.63, 3.8) is 0 Å². The number of nitrogens with zero attached hydrogens (tertiary/aromatic N) is 2. The van der Waals surface area contributed by atoms with Gasteiger partial charge in [0.2, 0.25) is 0 Å². The van der Waals surface area contributed by atoms with E-state index in [9.17, 15) is 0 Å². The fourth-order valence-corrected chi connectivity index (χ4v) is 13.2. The van der Waals surface area contributed by atoms with Crippen LogP contribution in [0.3, 0.4) is 0 Å². The Morgan fingerprint density at radius 2 is 1.08 bits per heavy atom. The molecule has 10 rings (SSSR count). The Morgan fingerprint density at radius 3 is 1.68 bits per heavy atom. The molecule has 0 saturated heterocycles. The van der Waals surface area contributed by atoms with E-state index in [0.29, 0.717) is 0 Å². The first kappa shape index (κ1) is 41.7. The Morgan fingerprint density at radius 1 is 0.532 bits per heavy atom. The lowest BCUT2D eigenvalue weighted by Crippen LogP contribution is -2.61. The summed E-state index contributed by atoms with van der Waals surface area (Å²) in [7, 11) is 0. The topological polar surface area (TPSA) is 6.48 Å². The maximum absolute atomic E-state index is 2.72. The van der Waals surface area contributed by atoms with Crippen LogP contribution in [0.5, 0.6) is 0 Å². The Kier molecular flexibility index (Phi) is 8.85. The first-order valence-corrected chi connectivity index (χ1v) is 24.4. The Bertz CT molecular complexity index is 2850. The molecule has 0 unspecified atom stereocenters. The number of anilines is 6. The molecule has 1 aromatic heterocycles. The van der Waals surface area contributed by atoms with Crippen molar-refractivity contribution in [2.24, 2.45) is 0 Å². The van der Waals surface area contributed by atoms with Gasteiger partial charge in [0.1, 0.15) is 0 Å². The minimum Gasteiger partial charge on any atom is -0.311 e. The van der Waals surface area contributed by atoms with E-state index in [1.54, 1.807) is 5.56 Å². The molecule has 6 aromatic rings. The summed E-state index contributed by atoms with van der Waals surface area (Å²) in [4.78, 5) is 5.41. The van der Waals surface area contributed by atoms with Gasteiger partial charge in [-0.15, -0.1) is 11.3 Å². The second-order valence-electron chi connectivity index (χ2n) is 24.5. The van der Waals surface area contributed by atoms with Crippen LogP contribution in [-0.4, -0.2) is 6.71 Å². The van der Waals surface area contributed by atoms with Gasteiger partial charge in [-0.3, -0.25) is 0 Å². The molecule has 0 bridgehead atoms. The number of rotatable bonds is 2. The molecule has 0 fully saturated rings. The van der Waals surface area contributed by atoms with Gasteiger partial charge in [-0.25, -0.2) is 0 Å². The normalized spacial score (nSPS) is 19.1. The summed E-state index contributed by atoms with van der Waals surface area (Å²) in [6, 6.07) is 32.3. The molecule has 320 valence electrons. The van der Waals surface area contributed by atoms with Gasteiger partial charge in [-0.05, 0) is 181 Å². The van der Waals surface area contributed by atoms with Gasteiger partial charge in [-0.1, -0.05) is 133 Å². The second-order valence-corrected chi connectivity index (χ2v) is 25.6. The number of thiophene rings is 1. The fraction of sp³-hybridized carbons (Fsp3) is 0.448. The number of fused-ring (bicyclic) bond motifs is 9. The summed E-state index contributed by atoms with van der Waals surface area (Å²) in [5.41, 5.74) is 22.9. The molecule has 3 heterocycles. The predicted octanol–water partition coefficient (Wildman–Crippen LogP) is 14.9. The molecule has 0 N–H and O–H groups in total. The van der Waals surface area contributed by atoms with Crippen LogP contribution >= 0.6 is 11.3 Å². The molecule has 0 amide bonds. The molecule has 2 nitrogen and oxygen atoms in total. The zero-order valence-electron chi connectivity index (χ0n) is 40.7. The summed E-state index contributed by atoms with van der Waals surface area (Å²) in [5.74, 6) is 0. The summed E-state index contributed by atoms with van der Waals surface area (Å²) in [6.45, 7) is 38.7. The number of hydrogen-bond donors (Lipinski definition) is 0. The highest BCUT2D eigenvalue weighted by Gasteiger charge is 2.50. The van der Waals surface area contributed by atoms with Crippen molar-refractivity contribution in [3.8, 4) is 0 Å². The maximum Gasteiger partial charge on any atom is 0.254 e. The van der Waals surface area contributed by atoms with Gasteiger partial charge in [-0.2, -0.15) is 0 Å². The predicted molar refractivity (Wildman–Crippen MR) is 273 cm³/mol. The monoisotopic (exact) mass is 837 g/mol. The average molecular weight is 837 g/mol. The number of aryl methyl sites for hydroxylation is 2. The first-order chi connectivity index (χ1) is 28.8. The summed E-state index contributed by atoms with van der Waals surface area (Å²) < 4.78 is 1.42. The van der Waals surface area contributed by atoms with Crippen molar-refractivity contribution < 1.29 is 0 Å². The van der Waals surface area contributed by atoms with E-state index in [1.165, 1.54) is 118 Å². The highest BCUT2D eigenvalue weighted by Crippen LogP contribution is 2.56. The Labute approximate surface area is 378 Å². The van der Waals surface area contributed by atoms with Crippen molar-refractivity contribution >= 4 is 78.0 Å². The smallest absolute Gasteiger partial charge is 0.254 e. The van der Waals surface area contributed by atoms with Gasteiger partial charge in [0.25, 0.3) is 6.71 Å². The lowest BCUT2D eigenvalue weighted by molar-refractivity contribution is 0.332.